The molecule has 1 rings (SSSR count). The Bertz CT molecular complexity index is 343. The summed E-state index contributed by atoms with van der Waals surface area (Å²) in [5.74, 6) is 0.895. The fourth-order valence-corrected chi connectivity index (χ4v) is 4.21. The fourth-order valence-electron chi connectivity index (χ4n) is 1.72. The van der Waals surface area contributed by atoms with E-state index in [-0.39, 0.29) is 0 Å². The first kappa shape index (κ1) is 16.5. The normalized spacial score (nSPS) is 10.7. The average molecular weight is 443 g/mol. The SMILES string of the molecule is CCCCCCCCOc1c(Br)cc(Br)cc1Br. The highest BCUT2D eigenvalue weighted by Crippen LogP contribution is 2.36. The van der Waals surface area contributed by atoms with Crippen molar-refractivity contribution in [2.24, 2.45) is 0 Å². The van der Waals surface area contributed by atoms with Gasteiger partial charge in [-0.15, -0.1) is 0 Å². The van der Waals surface area contributed by atoms with Crippen LogP contribution in [0.15, 0.2) is 25.6 Å². The van der Waals surface area contributed by atoms with Crippen LogP contribution in [0.25, 0.3) is 0 Å². The zero-order chi connectivity index (χ0) is 13.4. The highest BCUT2D eigenvalue weighted by Gasteiger charge is 2.07. The van der Waals surface area contributed by atoms with Crippen molar-refractivity contribution in [3.8, 4) is 5.75 Å². The van der Waals surface area contributed by atoms with Crippen LogP contribution < -0.4 is 4.74 Å². The van der Waals surface area contributed by atoms with Crippen molar-refractivity contribution >= 4 is 47.8 Å². The summed E-state index contributed by atoms with van der Waals surface area (Å²) in [4.78, 5) is 0. The average Bonchev–Trinajstić information content (AvgIpc) is 2.30. The largest absolute Gasteiger partial charge is 0.491 e. The van der Waals surface area contributed by atoms with Crippen molar-refractivity contribution in [2.75, 3.05) is 6.61 Å². The summed E-state index contributed by atoms with van der Waals surface area (Å²) in [5, 5.41) is 0. The minimum atomic E-state index is 0.783. The molecule has 0 saturated carbocycles. The third-order valence-electron chi connectivity index (χ3n) is 2.71. The van der Waals surface area contributed by atoms with Gasteiger partial charge in [-0.3, -0.25) is 0 Å². The molecule has 0 fully saturated rings. The quantitative estimate of drug-likeness (QED) is 0.406. The van der Waals surface area contributed by atoms with Crippen LogP contribution in [0.2, 0.25) is 0 Å². The van der Waals surface area contributed by atoms with Crippen molar-refractivity contribution in [1.29, 1.82) is 0 Å². The highest BCUT2D eigenvalue weighted by molar-refractivity contribution is 9.11. The second kappa shape index (κ2) is 9.38. The summed E-state index contributed by atoms with van der Waals surface area (Å²) < 4.78 is 8.81. The number of benzene rings is 1. The minimum absolute atomic E-state index is 0.783. The standard InChI is InChI=1S/C14H19Br3O/c1-2-3-4-5-6-7-8-18-14-12(16)9-11(15)10-13(14)17/h9-10H,2-8H2,1H3. The van der Waals surface area contributed by atoms with Gasteiger partial charge in [0.15, 0.2) is 0 Å². The van der Waals surface area contributed by atoms with Gasteiger partial charge in [0.2, 0.25) is 0 Å². The van der Waals surface area contributed by atoms with E-state index in [4.69, 9.17) is 4.74 Å². The molecule has 0 amide bonds. The number of halogens is 3. The Morgan fingerprint density at radius 1 is 0.889 bits per heavy atom. The molecule has 0 unspecified atom stereocenters. The summed E-state index contributed by atoms with van der Waals surface area (Å²) in [6.45, 7) is 3.02. The maximum atomic E-state index is 5.81. The Morgan fingerprint density at radius 2 is 1.44 bits per heavy atom. The topological polar surface area (TPSA) is 9.23 Å². The van der Waals surface area contributed by atoms with Crippen molar-refractivity contribution in [3.63, 3.8) is 0 Å². The molecule has 0 aliphatic heterocycles. The Balaban J connectivity index is 2.27. The second-order valence-electron chi connectivity index (χ2n) is 4.31. The molecule has 0 atom stereocenters. The first-order valence-corrected chi connectivity index (χ1v) is 8.80. The van der Waals surface area contributed by atoms with Gasteiger partial charge in [-0.25, -0.2) is 0 Å². The van der Waals surface area contributed by atoms with Crippen molar-refractivity contribution in [1.82, 2.24) is 0 Å². The van der Waals surface area contributed by atoms with Gasteiger partial charge in [-0.05, 0) is 50.4 Å². The van der Waals surface area contributed by atoms with Crippen molar-refractivity contribution in [2.45, 2.75) is 45.4 Å². The second-order valence-corrected chi connectivity index (χ2v) is 6.94. The third kappa shape index (κ3) is 6.07. The van der Waals surface area contributed by atoms with Crippen LogP contribution in [0.5, 0.6) is 5.75 Å². The molecule has 0 saturated heterocycles. The van der Waals surface area contributed by atoms with E-state index >= 15 is 0 Å². The predicted octanol–water partition coefficient (Wildman–Crippen LogP) is 6.71. The molecule has 1 nitrogen and oxygen atoms in total. The van der Waals surface area contributed by atoms with Crippen LogP contribution in [0, 0.1) is 0 Å². The first-order chi connectivity index (χ1) is 8.65. The molecule has 0 heterocycles. The van der Waals surface area contributed by atoms with Crippen LogP contribution in [0.4, 0.5) is 0 Å². The molecule has 0 radical (unpaired) electrons. The number of ether oxygens (including phenoxy) is 1. The van der Waals surface area contributed by atoms with Gasteiger partial charge in [0.25, 0.3) is 0 Å². The van der Waals surface area contributed by atoms with Crippen LogP contribution in [0.1, 0.15) is 45.4 Å². The highest BCUT2D eigenvalue weighted by atomic mass is 79.9. The molecule has 0 spiro atoms. The lowest BCUT2D eigenvalue weighted by molar-refractivity contribution is 0.301. The number of rotatable bonds is 8. The van der Waals surface area contributed by atoms with Gasteiger partial charge < -0.3 is 4.74 Å². The lowest BCUT2D eigenvalue weighted by Gasteiger charge is -2.10. The maximum absolute atomic E-state index is 5.81. The molecule has 0 N–H and O–H groups in total. The number of unbranched alkanes of at least 4 members (excludes halogenated alkanes) is 5. The molecular weight excluding hydrogens is 424 g/mol. The summed E-state index contributed by atoms with van der Waals surface area (Å²) in [7, 11) is 0. The minimum Gasteiger partial charge on any atom is -0.491 e. The maximum Gasteiger partial charge on any atom is 0.147 e. The molecular formula is C14H19Br3O. The Kier molecular flexibility index (Phi) is 8.60. The monoisotopic (exact) mass is 440 g/mol. The molecule has 1 aromatic rings. The van der Waals surface area contributed by atoms with Gasteiger partial charge in [0.05, 0.1) is 15.6 Å². The lowest BCUT2D eigenvalue weighted by atomic mass is 10.1. The van der Waals surface area contributed by atoms with Crippen LogP contribution in [-0.4, -0.2) is 6.61 Å². The molecule has 18 heavy (non-hydrogen) atoms. The van der Waals surface area contributed by atoms with E-state index in [9.17, 15) is 0 Å². The zero-order valence-corrected chi connectivity index (χ0v) is 15.4. The molecule has 0 bridgehead atoms. The van der Waals surface area contributed by atoms with E-state index in [0.717, 1.165) is 32.2 Å². The summed E-state index contributed by atoms with van der Waals surface area (Å²) in [6, 6.07) is 4.00. The van der Waals surface area contributed by atoms with Gasteiger partial charge in [-0.1, -0.05) is 55.0 Å². The molecule has 1 aromatic carbocycles. The summed E-state index contributed by atoms with van der Waals surface area (Å²) in [6.07, 6.45) is 7.70. The van der Waals surface area contributed by atoms with Gasteiger partial charge in [0.1, 0.15) is 5.75 Å². The van der Waals surface area contributed by atoms with Crippen LogP contribution in [-0.2, 0) is 0 Å². The molecule has 0 aliphatic carbocycles. The van der Waals surface area contributed by atoms with Crippen LogP contribution in [0.3, 0.4) is 0 Å². The van der Waals surface area contributed by atoms with E-state index in [1.165, 1.54) is 32.1 Å². The summed E-state index contributed by atoms with van der Waals surface area (Å²) >= 11 is 10.5. The Labute approximate surface area is 135 Å². The van der Waals surface area contributed by atoms with E-state index in [1.54, 1.807) is 0 Å². The zero-order valence-electron chi connectivity index (χ0n) is 10.6. The molecule has 0 aromatic heterocycles. The third-order valence-corrected chi connectivity index (χ3v) is 4.34. The lowest BCUT2D eigenvalue weighted by Crippen LogP contribution is -1.98. The van der Waals surface area contributed by atoms with Crippen molar-refractivity contribution in [3.05, 3.63) is 25.6 Å². The van der Waals surface area contributed by atoms with Crippen molar-refractivity contribution < 1.29 is 4.74 Å². The molecule has 4 heteroatoms. The molecule has 0 aliphatic rings. The smallest absolute Gasteiger partial charge is 0.147 e. The summed E-state index contributed by atoms with van der Waals surface area (Å²) in [5.41, 5.74) is 0. The fraction of sp³-hybridized carbons (Fsp3) is 0.571. The number of hydrogen-bond donors (Lipinski definition) is 0. The predicted molar refractivity (Wildman–Crippen MR) is 88.4 cm³/mol. The Hall–Kier alpha value is 0.460. The van der Waals surface area contributed by atoms with Crippen LogP contribution >= 0.6 is 47.8 Å². The van der Waals surface area contributed by atoms with E-state index in [0.29, 0.717) is 0 Å². The number of hydrogen-bond acceptors (Lipinski definition) is 1. The molecule has 102 valence electrons. The van der Waals surface area contributed by atoms with Gasteiger partial charge >= 0.3 is 0 Å². The van der Waals surface area contributed by atoms with E-state index < -0.39 is 0 Å². The van der Waals surface area contributed by atoms with Gasteiger partial charge in [-0.2, -0.15) is 0 Å². The van der Waals surface area contributed by atoms with E-state index in [2.05, 4.69) is 54.7 Å². The first-order valence-electron chi connectivity index (χ1n) is 6.42. The van der Waals surface area contributed by atoms with E-state index in [1.807, 2.05) is 12.1 Å². The van der Waals surface area contributed by atoms with Gasteiger partial charge in [0, 0.05) is 4.47 Å². The Morgan fingerprint density at radius 3 is 2.06 bits per heavy atom.